The van der Waals surface area contributed by atoms with E-state index in [-0.39, 0.29) is 0 Å². The molecule has 8 heteroatoms. The number of carbonyl (C=O) groups excluding carboxylic acids is 2. The third-order valence-electron chi connectivity index (χ3n) is 4.46. The first-order valence-electron chi connectivity index (χ1n) is 8.85. The Morgan fingerprint density at radius 1 is 1.32 bits per heavy atom. The number of aryl methyl sites for hydroxylation is 1. The van der Waals surface area contributed by atoms with Crippen LogP contribution in [-0.2, 0) is 9.59 Å². The van der Waals surface area contributed by atoms with E-state index in [1.165, 1.54) is 18.3 Å². The molecule has 7 nitrogen and oxygen atoms in total. The Morgan fingerprint density at radius 3 is 2.93 bits per heavy atom. The monoisotopic (exact) mass is 397 g/mol. The molecule has 1 unspecified atom stereocenters. The van der Waals surface area contributed by atoms with Gasteiger partial charge in [-0.1, -0.05) is 17.4 Å². The third-order valence-corrected chi connectivity index (χ3v) is 5.39. The van der Waals surface area contributed by atoms with Crippen molar-refractivity contribution in [3.05, 3.63) is 42.0 Å². The van der Waals surface area contributed by atoms with Gasteiger partial charge in [0.05, 0.1) is 22.5 Å². The topological polar surface area (TPSA) is 89.6 Å². The van der Waals surface area contributed by atoms with E-state index in [0.29, 0.717) is 23.2 Å². The molecular formula is C20H19N3O4S. The van der Waals surface area contributed by atoms with Gasteiger partial charge in [0.2, 0.25) is 0 Å². The first-order chi connectivity index (χ1) is 13.4. The molecule has 144 valence electrons. The highest BCUT2D eigenvalue weighted by Gasteiger charge is 2.47. The molecular weight excluding hydrogens is 378 g/mol. The molecule has 2 heterocycles. The van der Waals surface area contributed by atoms with Crippen LogP contribution in [0.15, 0.2) is 36.4 Å². The number of rotatable bonds is 4. The number of anilines is 2. The minimum absolute atomic E-state index is 0.390. The van der Waals surface area contributed by atoms with Crippen LogP contribution >= 0.6 is 11.3 Å². The van der Waals surface area contributed by atoms with Gasteiger partial charge in [-0.25, -0.2) is 4.98 Å². The second kappa shape index (κ2) is 6.79. The maximum Gasteiger partial charge on any atom is 0.280 e. The zero-order valence-electron chi connectivity index (χ0n) is 15.7. The van der Waals surface area contributed by atoms with Crippen LogP contribution in [0.5, 0.6) is 11.5 Å². The average molecular weight is 397 g/mol. The quantitative estimate of drug-likeness (QED) is 0.655. The Balaban J connectivity index is 1.58. The van der Waals surface area contributed by atoms with Gasteiger partial charge in [0, 0.05) is 0 Å². The molecule has 0 radical (unpaired) electrons. The maximum atomic E-state index is 12.9. The van der Waals surface area contributed by atoms with Crippen LogP contribution in [0.4, 0.5) is 10.8 Å². The van der Waals surface area contributed by atoms with Crippen LogP contribution in [0.2, 0.25) is 0 Å². The highest BCUT2D eigenvalue weighted by Crippen LogP contribution is 2.35. The summed E-state index contributed by atoms with van der Waals surface area (Å²) < 4.78 is 12.1. The van der Waals surface area contributed by atoms with Crippen LogP contribution < -0.4 is 20.1 Å². The average Bonchev–Trinajstić information content (AvgIpc) is 3.05. The highest BCUT2D eigenvalue weighted by molar-refractivity contribution is 7.22. The predicted octanol–water partition coefficient (Wildman–Crippen LogP) is 3.73. The molecule has 0 saturated carbocycles. The van der Waals surface area contributed by atoms with Gasteiger partial charge in [0.25, 0.3) is 17.4 Å². The molecule has 2 N–H and O–H groups in total. The van der Waals surface area contributed by atoms with Gasteiger partial charge >= 0.3 is 0 Å². The van der Waals surface area contributed by atoms with E-state index in [1.54, 1.807) is 12.1 Å². The Labute approximate surface area is 165 Å². The standard InChI is InChI=1S/C20H19N3O4S/c1-4-26-12-6-7-13-16(10-12)28-19(22-13)23-18(25)20(3)17(24)21-14-9-11(2)5-8-15(14)27-20/h5-10H,4H2,1-3H3,(H,21,24)(H,22,23,25). The Morgan fingerprint density at radius 2 is 2.14 bits per heavy atom. The van der Waals surface area contributed by atoms with Gasteiger partial charge < -0.3 is 14.8 Å². The molecule has 2 amide bonds. The summed E-state index contributed by atoms with van der Waals surface area (Å²) in [5.74, 6) is 0.0852. The third kappa shape index (κ3) is 3.16. The number of fused-ring (bicyclic) bond motifs is 2. The summed E-state index contributed by atoms with van der Waals surface area (Å²) in [4.78, 5) is 29.9. The van der Waals surface area contributed by atoms with Crippen molar-refractivity contribution in [3.8, 4) is 11.5 Å². The zero-order chi connectivity index (χ0) is 19.9. The van der Waals surface area contributed by atoms with E-state index in [2.05, 4.69) is 15.6 Å². The van der Waals surface area contributed by atoms with Crippen LogP contribution in [0.3, 0.4) is 0 Å². The molecule has 1 aromatic heterocycles. The molecule has 28 heavy (non-hydrogen) atoms. The van der Waals surface area contributed by atoms with Crippen molar-refractivity contribution in [1.29, 1.82) is 0 Å². The summed E-state index contributed by atoms with van der Waals surface area (Å²) in [5, 5.41) is 5.85. The number of benzene rings is 2. The van der Waals surface area contributed by atoms with E-state index < -0.39 is 17.4 Å². The number of nitrogens with zero attached hydrogens (tertiary/aromatic N) is 1. The summed E-state index contributed by atoms with van der Waals surface area (Å²) in [5.41, 5.74) is 0.579. The molecule has 0 saturated heterocycles. The summed E-state index contributed by atoms with van der Waals surface area (Å²) >= 11 is 1.31. The molecule has 1 aliphatic rings. The zero-order valence-corrected chi connectivity index (χ0v) is 16.5. The molecule has 0 fully saturated rings. The van der Waals surface area contributed by atoms with Gasteiger partial charge in [-0.05, 0) is 56.7 Å². The number of carbonyl (C=O) groups is 2. The highest BCUT2D eigenvalue weighted by atomic mass is 32.1. The lowest BCUT2D eigenvalue weighted by molar-refractivity contribution is -0.143. The molecule has 1 atom stereocenters. The van der Waals surface area contributed by atoms with E-state index in [1.807, 2.05) is 38.1 Å². The molecule has 0 bridgehead atoms. The summed E-state index contributed by atoms with van der Waals surface area (Å²) in [6, 6.07) is 10.9. The number of aromatic nitrogens is 1. The number of amides is 2. The number of ether oxygens (including phenoxy) is 2. The fourth-order valence-electron chi connectivity index (χ4n) is 2.92. The van der Waals surface area contributed by atoms with Crippen molar-refractivity contribution in [2.45, 2.75) is 26.4 Å². The van der Waals surface area contributed by atoms with E-state index >= 15 is 0 Å². The SMILES string of the molecule is CCOc1ccc2nc(NC(=O)C3(C)Oc4ccc(C)cc4NC3=O)sc2c1. The molecule has 1 aliphatic heterocycles. The molecule has 4 rings (SSSR count). The Hall–Kier alpha value is -3.13. The van der Waals surface area contributed by atoms with Crippen molar-refractivity contribution in [3.63, 3.8) is 0 Å². The van der Waals surface area contributed by atoms with E-state index in [0.717, 1.165) is 21.5 Å². The Bertz CT molecular complexity index is 1090. The predicted molar refractivity (Wildman–Crippen MR) is 108 cm³/mol. The van der Waals surface area contributed by atoms with Crippen LogP contribution in [-0.4, -0.2) is 29.0 Å². The van der Waals surface area contributed by atoms with Crippen molar-refractivity contribution in [1.82, 2.24) is 4.98 Å². The van der Waals surface area contributed by atoms with Gasteiger partial charge in [-0.3, -0.25) is 14.9 Å². The fraction of sp³-hybridized carbons (Fsp3) is 0.250. The fourth-order valence-corrected chi connectivity index (χ4v) is 3.81. The number of hydrogen-bond donors (Lipinski definition) is 2. The smallest absolute Gasteiger partial charge is 0.280 e. The molecule has 0 spiro atoms. The minimum atomic E-state index is -1.70. The number of hydrogen-bond acceptors (Lipinski definition) is 6. The van der Waals surface area contributed by atoms with Gasteiger partial charge in [0.15, 0.2) is 5.13 Å². The summed E-state index contributed by atoms with van der Waals surface area (Å²) in [6.07, 6.45) is 0. The Kier molecular flexibility index (Phi) is 4.43. The number of thiazole rings is 1. The summed E-state index contributed by atoms with van der Waals surface area (Å²) in [7, 11) is 0. The first-order valence-corrected chi connectivity index (χ1v) is 9.66. The number of nitrogens with one attached hydrogen (secondary N) is 2. The van der Waals surface area contributed by atoms with Crippen molar-refractivity contribution in [2.24, 2.45) is 0 Å². The van der Waals surface area contributed by atoms with E-state index in [9.17, 15) is 9.59 Å². The largest absolute Gasteiger partial charge is 0.494 e. The minimum Gasteiger partial charge on any atom is -0.494 e. The molecule has 0 aliphatic carbocycles. The maximum absolute atomic E-state index is 12.9. The normalized spacial score (nSPS) is 18.2. The lowest BCUT2D eigenvalue weighted by Gasteiger charge is -2.33. The van der Waals surface area contributed by atoms with Crippen molar-refractivity contribution >= 4 is 44.2 Å². The van der Waals surface area contributed by atoms with Gasteiger partial charge in [-0.2, -0.15) is 0 Å². The lowest BCUT2D eigenvalue weighted by Crippen LogP contribution is -2.56. The van der Waals surface area contributed by atoms with Gasteiger partial charge in [0.1, 0.15) is 11.5 Å². The van der Waals surface area contributed by atoms with Crippen LogP contribution in [0, 0.1) is 6.92 Å². The molecule has 2 aromatic carbocycles. The van der Waals surface area contributed by atoms with E-state index in [4.69, 9.17) is 9.47 Å². The molecule has 3 aromatic rings. The second-order valence-corrected chi connectivity index (χ2v) is 7.66. The van der Waals surface area contributed by atoms with Crippen LogP contribution in [0.25, 0.3) is 10.2 Å². The second-order valence-electron chi connectivity index (χ2n) is 6.62. The van der Waals surface area contributed by atoms with Crippen molar-refractivity contribution < 1.29 is 19.1 Å². The van der Waals surface area contributed by atoms with Gasteiger partial charge in [-0.15, -0.1) is 0 Å². The lowest BCUT2D eigenvalue weighted by atomic mass is 10.0. The van der Waals surface area contributed by atoms with Crippen LogP contribution in [0.1, 0.15) is 19.4 Å². The summed E-state index contributed by atoms with van der Waals surface area (Å²) in [6.45, 7) is 5.84. The first kappa shape index (κ1) is 18.2. The van der Waals surface area contributed by atoms with Crippen molar-refractivity contribution in [2.75, 3.05) is 17.2 Å².